The van der Waals surface area contributed by atoms with Gasteiger partial charge in [0.15, 0.2) is 0 Å². The van der Waals surface area contributed by atoms with E-state index in [1.165, 1.54) is 11.3 Å². The minimum absolute atomic E-state index is 0.111. The van der Waals surface area contributed by atoms with E-state index in [1.54, 1.807) is 12.1 Å². The van der Waals surface area contributed by atoms with E-state index in [9.17, 15) is 9.90 Å². The molecule has 1 heterocycles. The van der Waals surface area contributed by atoms with Crippen molar-refractivity contribution in [3.05, 3.63) is 21.3 Å². The molecule has 0 aliphatic heterocycles. The molecule has 3 nitrogen and oxygen atoms in total. The molecule has 1 aromatic rings. The Labute approximate surface area is 103 Å². The van der Waals surface area contributed by atoms with E-state index in [-0.39, 0.29) is 12.0 Å². The van der Waals surface area contributed by atoms with Gasteiger partial charge in [0.05, 0.1) is 15.3 Å². The molecule has 2 N–H and O–H groups in total. The standard InChI is InChI=1S/C11H14ClNO2S/c12-10-4-3-9(16-10)11(15)13-6-5-8(14)7-1-2-7/h3-4,7-8,14H,1-2,5-6H2,(H,13,15)/t8-/m0/s1. The van der Waals surface area contributed by atoms with E-state index in [0.29, 0.717) is 28.1 Å². The molecular formula is C11H14ClNO2S. The first kappa shape index (κ1) is 11.9. The Kier molecular flexibility index (Phi) is 3.84. The van der Waals surface area contributed by atoms with Crippen LogP contribution in [0.4, 0.5) is 0 Å². The lowest BCUT2D eigenvalue weighted by atomic mass is 10.1. The number of thiophene rings is 1. The Hall–Kier alpha value is -0.580. The van der Waals surface area contributed by atoms with Crippen molar-refractivity contribution in [1.82, 2.24) is 5.32 Å². The third kappa shape index (κ3) is 3.20. The second kappa shape index (κ2) is 5.17. The van der Waals surface area contributed by atoms with Crippen LogP contribution in [-0.2, 0) is 0 Å². The molecular weight excluding hydrogens is 246 g/mol. The smallest absolute Gasteiger partial charge is 0.261 e. The molecule has 1 saturated carbocycles. The molecule has 0 radical (unpaired) electrons. The number of hydrogen-bond acceptors (Lipinski definition) is 3. The van der Waals surface area contributed by atoms with Gasteiger partial charge in [-0.3, -0.25) is 4.79 Å². The van der Waals surface area contributed by atoms with Crippen molar-refractivity contribution in [2.24, 2.45) is 5.92 Å². The van der Waals surface area contributed by atoms with Gasteiger partial charge in [0.1, 0.15) is 0 Å². The maximum atomic E-state index is 11.6. The predicted octanol–water partition coefficient (Wildman–Crippen LogP) is 2.29. The molecule has 1 fully saturated rings. The molecule has 88 valence electrons. The molecule has 0 aromatic carbocycles. The average molecular weight is 260 g/mol. The second-order valence-corrected chi connectivity index (χ2v) is 5.77. The van der Waals surface area contributed by atoms with Crippen LogP contribution in [0.25, 0.3) is 0 Å². The molecule has 16 heavy (non-hydrogen) atoms. The molecule has 1 aromatic heterocycles. The summed E-state index contributed by atoms with van der Waals surface area (Å²) in [5.74, 6) is 0.355. The maximum absolute atomic E-state index is 11.6. The van der Waals surface area contributed by atoms with E-state index in [1.807, 2.05) is 0 Å². The first-order valence-corrected chi connectivity index (χ1v) is 6.58. The normalized spacial score (nSPS) is 17.1. The van der Waals surface area contributed by atoms with Crippen molar-refractivity contribution in [2.45, 2.75) is 25.4 Å². The first-order chi connectivity index (χ1) is 7.66. The van der Waals surface area contributed by atoms with E-state index >= 15 is 0 Å². The van der Waals surface area contributed by atoms with Crippen molar-refractivity contribution in [3.8, 4) is 0 Å². The molecule has 0 spiro atoms. The van der Waals surface area contributed by atoms with Crippen LogP contribution in [0.1, 0.15) is 28.9 Å². The number of halogens is 1. The third-order valence-corrected chi connectivity index (χ3v) is 3.92. The quantitative estimate of drug-likeness (QED) is 0.853. The number of nitrogens with one attached hydrogen (secondary N) is 1. The summed E-state index contributed by atoms with van der Waals surface area (Å²) in [6, 6.07) is 3.42. The fraction of sp³-hybridized carbons (Fsp3) is 0.545. The highest BCUT2D eigenvalue weighted by atomic mass is 35.5. The van der Waals surface area contributed by atoms with Crippen LogP contribution >= 0.6 is 22.9 Å². The van der Waals surface area contributed by atoms with Crippen LogP contribution in [0.3, 0.4) is 0 Å². The monoisotopic (exact) mass is 259 g/mol. The van der Waals surface area contributed by atoms with Gasteiger partial charge in [0.2, 0.25) is 0 Å². The molecule has 0 unspecified atom stereocenters. The fourth-order valence-electron chi connectivity index (χ4n) is 1.57. The number of rotatable bonds is 5. The summed E-state index contributed by atoms with van der Waals surface area (Å²) >= 11 is 7.00. The number of hydrogen-bond donors (Lipinski definition) is 2. The van der Waals surface area contributed by atoms with Gasteiger partial charge in [-0.2, -0.15) is 0 Å². The lowest BCUT2D eigenvalue weighted by Gasteiger charge is -2.09. The SMILES string of the molecule is O=C(NCC[C@H](O)C1CC1)c1ccc(Cl)s1. The van der Waals surface area contributed by atoms with Crippen molar-refractivity contribution >= 4 is 28.8 Å². The minimum atomic E-state index is -0.257. The van der Waals surface area contributed by atoms with Gasteiger partial charge in [-0.25, -0.2) is 0 Å². The summed E-state index contributed by atoms with van der Waals surface area (Å²) in [6.45, 7) is 0.520. The Balaban J connectivity index is 1.71. The first-order valence-electron chi connectivity index (χ1n) is 5.38. The number of aliphatic hydroxyl groups excluding tert-OH is 1. The van der Waals surface area contributed by atoms with Crippen molar-refractivity contribution in [1.29, 1.82) is 0 Å². The van der Waals surface area contributed by atoms with Crippen molar-refractivity contribution in [2.75, 3.05) is 6.54 Å². The summed E-state index contributed by atoms with van der Waals surface area (Å²) in [6.07, 6.45) is 2.62. The molecule has 1 atom stereocenters. The van der Waals surface area contributed by atoms with Crippen molar-refractivity contribution < 1.29 is 9.90 Å². The molecule has 1 aliphatic carbocycles. The number of carbonyl (C=O) groups is 1. The zero-order valence-electron chi connectivity index (χ0n) is 8.78. The maximum Gasteiger partial charge on any atom is 0.261 e. The van der Waals surface area contributed by atoms with Gasteiger partial charge in [0.25, 0.3) is 5.91 Å². The fourth-order valence-corrected chi connectivity index (χ4v) is 2.53. The summed E-state index contributed by atoms with van der Waals surface area (Å²) in [5, 5.41) is 12.4. The molecule has 5 heteroatoms. The Bertz CT molecular complexity index is 376. The van der Waals surface area contributed by atoms with Crippen LogP contribution in [0, 0.1) is 5.92 Å². The van der Waals surface area contributed by atoms with Gasteiger partial charge in [-0.15, -0.1) is 11.3 Å². The van der Waals surface area contributed by atoms with Gasteiger partial charge in [-0.1, -0.05) is 11.6 Å². The summed E-state index contributed by atoms with van der Waals surface area (Å²) in [5.41, 5.74) is 0. The highest BCUT2D eigenvalue weighted by Gasteiger charge is 2.29. The molecule has 2 rings (SSSR count). The summed E-state index contributed by atoms with van der Waals surface area (Å²) in [7, 11) is 0. The van der Waals surface area contributed by atoms with Crippen LogP contribution in [-0.4, -0.2) is 23.7 Å². The number of amides is 1. The van der Waals surface area contributed by atoms with E-state index in [4.69, 9.17) is 11.6 Å². The number of aliphatic hydroxyl groups is 1. The van der Waals surface area contributed by atoms with Gasteiger partial charge < -0.3 is 10.4 Å². The second-order valence-electron chi connectivity index (χ2n) is 4.05. The van der Waals surface area contributed by atoms with Crippen LogP contribution in [0.15, 0.2) is 12.1 Å². The Morgan fingerprint density at radius 3 is 2.94 bits per heavy atom. The highest BCUT2D eigenvalue weighted by molar-refractivity contribution is 7.17. The average Bonchev–Trinajstić information content (AvgIpc) is 3.01. The summed E-state index contributed by atoms with van der Waals surface area (Å²) in [4.78, 5) is 12.2. The van der Waals surface area contributed by atoms with Gasteiger partial charge >= 0.3 is 0 Å². The largest absolute Gasteiger partial charge is 0.393 e. The zero-order valence-corrected chi connectivity index (χ0v) is 10.4. The summed E-state index contributed by atoms with van der Waals surface area (Å²) < 4.78 is 0.614. The number of carbonyl (C=O) groups excluding carboxylic acids is 1. The topological polar surface area (TPSA) is 49.3 Å². The molecule has 0 bridgehead atoms. The molecule has 0 saturated heterocycles. The van der Waals surface area contributed by atoms with Crippen LogP contribution in [0.5, 0.6) is 0 Å². The lowest BCUT2D eigenvalue weighted by Crippen LogP contribution is -2.27. The van der Waals surface area contributed by atoms with E-state index in [0.717, 1.165) is 12.8 Å². The van der Waals surface area contributed by atoms with E-state index < -0.39 is 0 Å². The lowest BCUT2D eigenvalue weighted by molar-refractivity contribution is 0.0941. The predicted molar refractivity (Wildman–Crippen MR) is 65.0 cm³/mol. The van der Waals surface area contributed by atoms with E-state index in [2.05, 4.69) is 5.32 Å². The highest BCUT2D eigenvalue weighted by Crippen LogP contribution is 2.33. The van der Waals surface area contributed by atoms with Crippen molar-refractivity contribution in [3.63, 3.8) is 0 Å². The molecule has 1 amide bonds. The van der Waals surface area contributed by atoms with Crippen LogP contribution in [0.2, 0.25) is 4.34 Å². The Morgan fingerprint density at radius 1 is 1.62 bits per heavy atom. The zero-order chi connectivity index (χ0) is 11.5. The van der Waals surface area contributed by atoms with Gasteiger partial charge in [0, 0.05) is 6.54 Å². The molecule has 1 aliphatic rings. The Morgan fingerprint density at radius 2 is 2.38 bits per heavy atom. The minimum Gasteiger partial charge on any atom is -0.393 e. The van der Waals surface area contributed by atoms with Crippen LogP contribution < -0.4 is 5.32 Å². The third-order valence-electron chi connectivity index (χ3n) is 2.69. The van der Waals surface area contributed by atoms with Gasteiger partial charge in [-0.05, 0) is 37.3 Å².